The molecule has 2 heterocycles. The number of carbonyl (C=O) groups is 2. The fourth-order valence-electron chi connectivity index (χ4n) is 3.54. The Kier molecular flexibility index (Phi) is 4.78. The summed E-state index contributed by atoms with van der Waals surface area (Å²) in [5.74, 6) is -0.870. The van der Waals surface area contributed by atoms with Gasteiger partial charge in [-0.3, -0.25) is 0 Å². The lowest BCUT2D eigenvalue weighted by Crippen LogP contribution is -2.60. The largest absolute Gasteiger partial charge is 0.479 e. The minimum atomic E-state index is -1.09. The molecule has 0 spiro atoms. The Hall–Kier alpha value is -2.24. The first kappa shape index (κ1) is 18.1. The summed E-state index contributed by atoms with van der Waals surface area (Å²) in [6.07, 6.45) is 7.48. The maximum atomic E-state index is 12.1. The quantitative estimate of drug-likeness (QED) is 0.829. The Morgan fingerprint density at radius 2 is 1.96 bits per heavy atom. The summed E-state index contributed by atoms with van der Waals surface area (Å²) in [5, 5.41) is 19.0. The topological polar surface area (TPSA) is 81.1 Å². The third-order valence-corrected chi connectivity index (χ3v) is 4.65. The van der Waals surface area contributed by atoms with Gasteiger partial charge in [-0.25, -0.2) is 9.59 Å². The lowest BCUT2D eigenvalue weighted by atomic mass is 9.83. The smallest absolute Gasteiger partial charge is 0.407 e. The molecule has 6 nitrogen and oxygen atoms in total. The van der Waals surface area contributed by atoms with Crippen LogP contribution in [-0.4, -0.2) is 56.2 Å². The van der Waals surface area contributed by atoms with Crippen molar-refractivity contribution in [3.8, 4) is 0 Å². The first-order valence-corrected chi connectivity index (χ1v) is 8.24. The van der Waals surface area contributed by atoms with Crippen molar-refractivity contribution in [2.45, 2.75) is 51.6 Å². The number of amides is 1. The molecule has 0 saturated carbocycles. The molecular weight excluding hydrogens is 308 g/mol. The van der Waals surface area contributed by atoms with Crippen molar-refractivity contribution in [2.75, 3.05) is 13.1 Å². The van der Waals surface area contributed by atoms with Gasteiger partial charge in [-0.2, -0.15) is 0 Å². The SMILES string of the molecule is CCC1(C(=O)O)C=CC=C(C2=CCN(C(=O)O)CC2)N1C(C)(C)C. The van der Waals surface area contributed by atoms with E-state index >= 15 is 0 Å². The van der Waals surface area contributed by atoms with Gasteiger partial charge in [0.05, 0.1) is 0 Å². The fraction of sp³-hybridized carbons (Fsp3) is 0.556. The summed E-state index contributed by atoms with van der Waals surface area (Å²) in [4.78, 5) is 26.5. The molecule has 2 N–H and O–H groups in total. The molecule has 0 aromatic carbocycles. The molecule has 1 atom stereocenters. The molecule has 0 bridgehead atoms. The van der Waals surface area contributed by atoms with Crippen molar-refractivity contribution < 1.29 is 19.8 Å². The highest BCUT2D eigenvalue weighted by Crippen LogP contribution is 2.40. The summed E-state index contributed by atoms with van der Waals surface area (Å²) >= 11 is 0. The second-order valence-electron chi connectivity index (χ2n) is 7.21. The Morgan fingerprint density at radius 1 is 1.29 bits per heavy atom. The van der Waals surface area contributed by atoms with Gasteiger partial charge < -0.3 is 20.0 Å². The number of rotatable bonds is 3. The third kappa shape index (κ3) is 3.05. The van der Waals surface area contributed by atoms with Crippen molar-refractivity contribution >= 4 is 12.1 Å². The molecule has 24 heavy (non-hydrogen) atoms. The van der Waals surface area contributed by atoms with Crippen LogP contribution in [0.4, 0.5) is 4.79 Å². The van der Waals surface area contributed by atoms with Gasteiger partial charge in [-0.15, -0.1) is 0 Å². The van der Waals surface area contributed by atoms with Gasteiger partial charge in [0.15, 0.2) is 5.54 Å². The zero-order chi connectivity index (χ0) is 18.1. The summed E-state index contributed by atoms with van der Waals surface area (Å²) in [6, 6.07) is 0. The number of carboxylic acid groups (broad SMARTS) is 2. The Bertz CT molecular complexity index is 627. The van der Waals surface area contributed by atoms with E-state index in [0.717, 1.165) is 11.3 Å². The van der Waals surface area contributed by atoms with Crippen LogP contribution in [0.3, 0.4) is 0 Å². The lowest BCUT2D eigenvalue weighted by molar-refractivity contribution is -0.150. The van der Waals surface area contributed by atoms with Gasteiger partial charge >= 0.3 is 12.1 Å². The van der Waals surface area contributed by atoms with Crippen LogP contribution < -0.4 is 0 Å². The average molecular weight is 334 g/mol. The molecule has 0 aromatic heterocycles. The number of hydrogen-bond donors (Lipinski definition) is 2. The first-order valence-electron chi connectivity index (χ1n) is 8.24. The minimum Gasteiger partial charge on any atom is -0.479 e. The van der Waals surface area contributed by atoms with Crippen LogP contribution in [0.1, 0.15) is 40.5 Å². The van der Waals surface area contributed by atoms with Gasteiger partial charge in [0.1, 0.15) is 0 Å². The maximum absolute atomic E-state index is 12.1. The molecule has 0 fully saturated rings. The van der Waals surface area contributed by atoms with E-state index < -0.39 is 23.1 Å². The molecule has 1 amide bonds. The second-order valence-corrected chi connectivity index (χ2v) is 7.21. The van der Waals surface area contributed by atoms with Gasteiger partial charge in [0.25, 0.3) is 0 Å². The number of nitrogens with zero attached hydrogens (tertiary/aromatic N) is 2. The highest BCUT2D eigenvalue weighted by molar-refractivity contribution is 5.83. The zero-order valence-corrected chi connectivity index (χ0v) is 14.7. The van der Waals surface area contributed by atoms with E-state index in [1.54, 1.807) is 12.2 Å². The second kappa shape index (κ2) is 6.34. The lowest BCUT2D eigenvalue weighted by Gasteiger charge is -2.51. The average Bonchev–Trinajstić information content (AvgIpc) is 2.53. The highest BCUT2D eigenvalue weighted by atomic mass is 16.4. The molecule has 6 heteroatoms. The van der Waals surface area contributed by atoms with E-state index in [0.29, 0.717) is 25.9 Å². The zero-order valence-electron chi connectivity index (χ0n) is 14.7. The van der Waals surface area contributed by atoms with E-state index in [-0.39, 0.29) is 0 Å². The molecule has 2 aliphatic heterocycles. The van der Waals surface area contributed by atoms with Crippen molar-refractivity contribution in [1.29, 1.82) is 0 Å². The molecule has 0 saturated heterocycles. The summed E-state index contributed by atoms with van der Waals surface area (Å²) in [5.41, 5.74) is 0.396. The summed E-state index contributed by atoms with van der Waals surface area (Å²) in [6.45, 7) is 8.63. The van der Waals surface area contributed by atoms with E-state index in [1.807, 2.05) is 44.7 Å². The molecule has 132 valence electrons. The predicted molar refractivity (Wildman–Crippen MR) is 91.8 cm³/mol. The minimum absolute atomic E-state index is 0.329. The predicted octanol–water partition coefficient (Wildman–Crippen LogP) is 3.08. The van der Waals surface area contributed by atoms with Crippen LogP contribution in [0.5, 0.6) is 0 Å². The molecule has 0 radical (unpaired) electrons. The van der Waals surface area contributed by atoms with Crippen LogP contribution in [0.2, 0.25) is 0 Å². The van der Waals surface area contributed by atoms with Crippen LogP contribution >= 0.6 is 0 Å². The Morgan fingerprint density at radius 3 is 2.38 bits per heavy atom. The van der Waals surface area contributed by atoms with E-state index in [4.69, 9.17) is 5.11 Å². The highest BCUT2D eigenvalue weighted by Gasteiger charge is 2.48. The molecule has 0 aromatic rings. The first-order chi connectivity index (χ1) is 11.1. The van der Waals surface area contributed by atoms with Crippen LogP contribution in [0, 0.1) is 0 Å². The van der Waals surface area contributed by atoms with Gasteiger partial charge in [-0.1, -0.05) is 19.1 Å². The molecular formula is C18H26N2O4. The Labute approximate surface area is 142 Å². The number of aliphatic carboxylic acids is 1. The van der Waals surface area contributed by atoms with Crippen LogP contribution in [-0.2, 0) is 4.79 Å². The molecule has 2 rings (SSSR count). The number of hydrogen-bond acceptors (Lipinski definition) is 3. The fourth-order valence-corrected chi connectivity index (χ4v) is 3.54. The van der Waals surface area contributed by atoms with Crippen molar-refractivity contribution in [1.82, 2.24) is 9.80 Å². The number of allylic oxidation sites excluding steroid dienone is 3. The third-order valence-electron chi connectivity index (χ3n) is 4.65. The van der Waals surface area contributed by atoms with E-state index in [9.17, 15) is 14.7 Å². The molecule has 0 aliphatic carbocycles. The van der Waals surface area contributed by atoms with Crippen molar-refractivity contribution in [3.63, 3.8) is 0 Å². The summed E-state index contributed by atoms with van der Waals surface area (Å²) < 4.78 is 0. The van der Waals surface area contributed by atoms with Gasteiger partial charge in [0, 0.05) is 24.3 Å². The Balaban J connectivity index is 2.45. The van der Waals surface area contributed by atoms with E-state index in [2.05, 4.69) is 0 Å². The van der Waals surface area contributed by atoms with Gasteiger partial charge in [-0.05, 0) is 51.3 Å². The molecule has 2 aliphatic rings. The standard InChI is InChI=1S/C18H26N2O4/c1-5-18(15(21)22)10-6-7-14(20(18)17(2,3)4)13-8-11-19(12-9-13)16(23)24/h6-8,10H,5,9,11-12H2,1-4H3,(H,21,22)(H,23,24). The van der Waals surface area contributed by atoms with Crippen LogP contribution in [0.25, 0.3) is 0 Å². The van der Waals surface area contributed by atoms with Crippen molar-refractivity contribution in [2.24, 2.45) is 0 Å². The molecule has 1 unspecified atom stereocenters. The van der Waals surface area contributed by atoms with Crippen molar-refractivity contribution in [3.05, 3.63) is 35.6 Å². The maximum Gasteiger partial charge on any atom is 0.407 e. The summed E-state index contributed by atoms with van der Waals surface area (Å²) in [7, 11) is 0. The van der Waals surface area contributed by atoms with Gasteiger partial charge in [0.2, 0.25) is 0 Å². The van der Waals surface area contributed by atoms with Crippen LogP contribution in [0.15, 0.2) is 35.6 Å². The number of carboxylic acids is 1. The van der Waals surface area contributed by atoms with E-state index in [1.165, 1.54) is 4.90 Å². The normalized spacial score (nSPS) is 24.5. The monoisotopic (exact) mass is 334 g/mol.